The molecule has 5 fully saturated rings. The van der Waals surface area contributed by atoms with Gasteiger partial charge in [-0.25, -0.2) is 0 Å². The average molecular weight is 521 g/mol. The van der Waals surface area contributed by atoms with Crippen molar-refractivity contribution in [3.05, 3.63) is 34.3 Å². The summed E-state index contributed by atoms with van der Waals surface area (Å²) >= 11 is 6.14. The van der Waals surface area contributed by atoms with Gasteiger partial charge in [-0.1, -0.05) is 30.5 Å². The van der Waals surface area contributed by atoms with E-state index in [1.165, 1.54) is 0 Å². The molecule has 0 bridgehead atoms. The maximum atomic E-state index is 13.3. The minimum absolute atomic E-state index is 0.335. The fourth-order valence-corrected chi connectivity index (χ4v) is 6.34. The first-order valence-electron chi connectivity index (χ1n) is 13.1. The van der Waals surface area contributed by atoms with E-state index in [4.69, 9.17) is 35.3 Å². The molecule has 9 nitrogen and oxygen atoms in total. The lowest BCUT2D eigenvalue weighted by atomic mass is 9.94. The highest BCUT2D eigenvalue weighted by molar-refractivity contribution is 6.31. The maximum Gasteiger partial charge on any atom is 0.270 e. The molecule has 3 heterocycles. The molecule has 6 rings (SSSR count). The molecule has 10 heteroatoms. The second-order valence-corrected chi connectivity index (χ2v) is 11.0. The number of hydrazine groups is 1. The van der Waals surface area contributed by atoms with Crippen LogP contribution in [-0.4, -0.2) is 54.1 Å². The average Bonchev–Trinajstić information content (AvgIpc) is 3.42. The Morgan fingerprint density at radius 3 is 2.11 bits per heavy atom. The molecular formula is C26H33ClN2O7. The highest BCUT2D eigenvalue weighted by Crippen LogP contribution is 2.50. The first-order valence-corrected chi connectivity index (χ1v) is 13.5. The van der Waals surface area contributed by atoms with Gasteiger partial charge in [-0.15, -0.1) is 0 Å². The fraction of sp³-hybridized carbons (Fsp3) is 0.692. The molecule has 2 amide bonds. The number of carbonyl (C=O) groups is 2. The molecule has 1 aromatic carbocycles. The largest absolute Gasteiger partial charge is 0.341 e. The summed E-state index contributed by atoms with van der Waals surface area (Å²) in [7, 11) is 0. The molecule has 36 heavy (non-hydrogen) atoms. The van der Waals surface area contributed by atoms with Crippen LogP contribution in [0, 0.1) is 6.92 Å². The highest BCUT2D eigenvalue weighted by Gasteiger charge is 2.65. The monoisotopic (exact) mass is 520 g/mol. The number of halogens is 1. The molecule has 2 aliphatic carbocycles. The standard InChI is InChI=1S/C26H33ClN2O7/c1-15-8-9-16(14-17(15)27)22(30)28-29-23(31)20-18-19(34-25(33-18)10-4-2-5-11-25)21-24(32-20)36-26(35-21)12-6-3-7-13-26/h8-9,14,18-21,24H,2-7,10-13H2,1H3,(H,28,30)(H,29,31)/t18-,19-,20+,21+,24+/m0/s1. The van der Waals surface area contributed by atoms with E-state index < -0.39 is 54.1 Å². The van der Waals surface area contributed by atoms with Gasteiger partial charge in [0.15, 0.2) is 24.0 Å². The van der Waals surface area contributed by atoms with E-state index in [0.717, 1.165) is 69.8 Å². The summed E-state index contributed by atoms with van der Waals surface area (Å²) in [5, 5.41) is 0.475. The van der Waals surface area contributed by atoms with Crippen molar-refractivity contribution in [2.24, 2.45) is 0 Å². The quantitative estimate of drug-likeness (QED) is 0.573. The zero-order valence-corrected chi connectivity index (χ0v) is 21.2. The topological polar surface area (TPSA) is 104 Å². The van der Waals surface area contributed by atoms with Crippen LogP contribution in [-0.2, 0) is 28.5 Å². The number of ether oxygens (including phenoxy) is 5. The second-order valence-electron chi connectivity index (χ2n) is 10.6. The Hall–Kier alpha value is -1.75. The number of amides is 2. The van der Waals surface area contributed by atoms with Crippen LogP contribution in [0.25, 0.3) is 0 Å². The van der Waals surface area contributed by atoms with Crippen LogP contribution in [0.2, 0.25) is 5.02 Å². The number of fused-ring (bicyclic) bond motifs is 3. The molecule has 3 saturated heterocycles. The molecule has 0 radical (unpaired) electrons. The van der Waals surface area contributed by atoms with Crippen molar-refractivity contribution in [3.63, 3.8) is 0 Å². The van der Waals surface area contributed by atoms with Crippen LogP contribution in [0.15, 0.2) is 18.2 Å². The molecule has 0 aromatic heterocycles. The Labute approximate surface area is 215 Å². The summed E-state index contributed by atoms with van der Waals surface area (Å²) in [6.45, 7) is 1.85. The minimum atomic E-state index is -1.03. The maximum absolute atomic E-state index is 13.3. The van der Waals surface area contributed by atoms with Crippen LogP contribution < -0.4 is 10.9 Å². The Bertz CT molecular complexity index is 1020. The van der Waals surface area contributed by atoms with E-state index in [-0.39, 0.29) is 0 Å². The van der Waals surface area contributed by atoms with E-state index in [2.05, 4.69) is 10.9 Å². The summed E-state index contributed by atoms with van der Waals surface area (Å²) in [5.74, 6) is -2.45. The zero-order chi connectivity index (χ0) is 24.9. The molecular weight excluding hydrogens is 488 g/mol. The molecule has 3 aliphatic heterocycles. The van der Waals surface area contributed by atoms with Gasteiger partial charge < -0.3 is 23.7 Å². The summed E-state index contributed by atoms with van der Waals surface area (Å²) in [5.41, 5.74) is 6.16. The van der Waals surface area contributed by atoms with E-state index in [0.29, 0.717) is 10.6 Å². The third kappa shape index (κ3) is 4.44. The summed E-state index contributed by atoms with van der Waals surface area (Å²) in [6, 6.07) is 4.96. The Balaban J connectivity index is 1.19. The summed E-state index contributed by atoms with van der Waals surface area (Å²) in [4.78, 5) is 25.9. The lowest BCUT2D eigenvalue weighted by Crippen LogP contribution is -2.61. The lowest BCUT2D eigenvalue weighted by molar-refractivity contribution is -0.247. The van der Waals surface area contributed by atoms with Gasteiger partial charge in [0.05, 0.1) is 0 Å². The predicted octanol–water partition coefficient (Wildman–Crippen LogP) is 3.65. The molecule has 2 saturated carbocycles. The SMILES string of the molecule is Cc1ccc(C(=O)NNC(=O)[C@@H]2O[C@@H]3OC4(CCCCC4)O[C@@H]3[C@H]3OC4(CCCCC4)O[C@@H]32)cc1Cl. The van der Waals surface area contributed by atoms with Crippen LogP contribution in [0.3, 0.4) is 0 Å². The van der Waals surface area contributed by atoms with Crippen molar-refractivity contribution in [2.75, 3.05) is 0 Å². The molecule has 2 N–H and O–H groups in total. The Morgan fingerprint density at radius 1 is 0.833 bits per heavy atom. The number of rotatable bonds is 2. The van der Waals surface area contributed by atoms with E-state index in [1.807, 2.05) is 6.92 Å². The number of hydrogen-bond donors (Lipinski definition) is 2. The van der Waals surface area contributed by atoms with Crippen molar-refractivity contribution < 1.29 is 33.3 Å². The molecule has 2 spiro atoms. The summed E-state index contributed by atoms with van der Waals surface area (Å²) < 4.78 is 32.0. The van der Waals surface area contributed by atoms with Gasteiger partial charge in [0.1, 0.15) is 18.3 Å². The van der Waals surface area contributed by atoms with Crippen LogP contribution in [0.4, 0.5) is 0 Å². The zero-order valence-electron chi connectivity index (χ0n) is 20.4. The predicted molar refractivity (Wildman–Crippen MR) is 128 cm³/mol. The van der Waals surface area contributed by atoms with Crippen LogP contribution >= 0.6 is 11.6 Å². The van der Waals surface area contributed by atoms with Gasteiger partial charge in [0, 0.05) is 36.3 Å². The Morgan fingerprint density at radius 2 is 1.44 bits per heavy atom. The van der Waals surface area contributed by atoms with Gasteiger partial charge in [0.25, 0.3) is 11.8 Å². The number of carbonyl (C=O) groups excluding carboxylic acids is 2. The molecule has 196 valence electrons. The van der Waals surface area contributed by atoms with Crippen molar-refractivity contribution >= 4 is 23.4 Å². The molecule has 0 unspecified atom stereocenters. The van der Waals surface area contributed by atoms with Crippen LogP contribution in [0.5, 0.6) is 0 Å². The molecule has 5 atom stereocenters. The third-order valence-electron chi connectivity index (χ3n) is 8.10. The first kappa shape index (κ1) is 24.6. The lowest BCUT2D eigenvalue weighted by Gasteiger charge is -2.36. The van der Waals surface area contributed by atoms with E-state index in [1.54, 1.807) is 18.2 Å². The van der Waals surface area contributed by atoms with E-state index in [9.17, 15) is 9.59 Å². The first-order chi connectivity index (χ1) is 17.4. The van der Waals surface area contributed by atoms with Gasteiger partial charge >= 0.3 is 0 Å². The number of nitrogens with one attached hydrogen (secondary N) is 2. The normalized spacial score (nSPS) is 34.2. The minimum Gasteiger partial charge on any atom is -0.341 e. The fourth-order valence-electron chi connectivity index (χ4n) is 6.16. The van der Waals surface area contributed by atoms with Gasteiger partial charge in [-0.2, -0.15) is 0 Å². The van der Waals surface area contributed by atoms with Crippen molar-refractivity contribution in [1.29, 1.82) is 0 Å². The Kier molecular flexibility index (Phi) is 6.50. The number of aryl methyl sites for hydroxylation is 1. The van der Waals surface area contributed by atoms with E-state index >= 15 is 0 Å². The summed E-state index contributed by atoms with van der Waals surface area (Å²) in [6.07, 6.45) is 6.04. The number of hydrogen-bond acceptors (Lipinski definition) is 7. The van der Waals surface area contributed by atoms with Crippen molar-refractivity contribution in [3.8, 4) is 0 Å². The molecule has 5 aliphatic rings. The van der Waals surface area contributed by atoms with Crippen molar-refractivity contribution in [2.45, 2.75) is 113 Å². The highest BCUT2D eigenvalue weighted by atomic mass is 35.5. The van der Waals surface area contributed by atoms with Gasteiger partial charge in [0.2, 0.25) is 0 Å². The second kappa shape index (κ2) is 9.53. The van der Waals surface area contributed by atoms with Crippen LogP contribution in [0.1, 0.15) is 80.1 Å². The third-order valence-corrected chi connectivity index (χ3v) is 8.51. The smallest absolute Gasteiger partial charge is 0.270 e. The van der Waals surface area contributed by atoms with Gasteiger partial charge in [-0.05, 0) is 50.3 Å². The number of benzene rings is 1. The van der Waals surface area contributed by atoms with Gasteiger partial charge in [-0.3, -0.25) is 20.4 Å². The van der Waals surface area contributed by atoms with Crippen molar-refractivity contribution in [1.82, 2.24) is 10.9 Å². The molecule has 1 aromatic rings.